The maximum absolute atomic E-state index is 11.0. The van der Waals surface area contributed by atoms with E-state index < -0.39 is 17.1 Å². The molecule has 1 radical (unpaired) electrons. The van der Waals surface area contributed by atoms with Crippen molar-refractivity contribution in [3.8, 4) is 0 Å². The number of carbonyl (C=O) groups excluding carboxylic acids is 1. The van der Waals surface area contributed by atoms with Gasteiger partial charge in [0.2, 0.25) is 6.04 Å². The van der Waals surface area contributed by atoms with Gasteiger partial charge in [-0.05, 0) is 32.1 Å². The van der Waals surface area contributed by atoms with Crippen LogP contribution >= 0.6 is 0 Å². The SMILES string of the molecule is CC/C=C\C/C=C\C/C=C\CC(C(O)CCCC[C]=O)[N+](=O)[O-]. The average Bonchev–Trinajstić information content (AvgIpc) is 2.53. The van der Waals surface area contributed by atoms with Crippen LogP contribution in [0, 0.1) is 10.1 Å². The van der Waals surface area contributed by atoms with Gasteiger partial charge < -0.3 is 5.11 Å². The van der Waals surface area contributed by atoms with E-state index in [1.165, 1.54) is 0 Å². The molecule has 2 atom stereocenters. The van der Waals surface area contributed by atoms with Gasteiger partial charge in [-0.3, -0.25) is 14.9 Å². The topological polar surface area (TPSA) is 80.4 Å². The molecule has 0 heterocycles. The molecule has 0 saturated carbocycles. The lowest BCUT2D eigenvalue weighted by atomic mass is 10.0. The molecule has 1 N–H and O–H groups in total. The maximum atomic E-state index is 11.0. The van der Waals surface area contributed by atoms with Crippen molar-refractivity contribution in [3.63, 3.8) is 0 Å². The van der Waals surface area contributed by atoms with Gasteiger partial charge in [-0.1, -0.05) is 49.8 Å². The number of unbranched alkanes of at least 4 members (excludes halogenated alkanes) is 2. The summed E-state index contributed by atoms with van der Waals surface area (Å²) >= 11 is 0. The molecular formula is C18H28NO4. The van der Waals surface area contributed by atoms with Gasteiger partial charge in [0.25, 0.3) is 0 Å². The third kappa shape index (κ3) is 12.5. The second-order valence-corrected chi connectivity index (χ2v) is 5.34. The molecule has 5 heteroatoms. The van der Waals surface area contributed by atoms with Crippen molar-refractivity contribution in [3.05, 3.63) is 46.6 Å². The molecule has 0 aromatic heterocycles. The van der Waals surface area contributed by atoms with Gasteiger partial charge in [-0.25, -0.2) is 0 Å². The van der Waals surface area contributed by atoms with Gasteiger partial charge in [0.05, 0.1) is 0 Å². The van der Waals surface area contributed by atoms with Gasteiger partial charge in [-0.2, -0.15) is 0 Å². The molecule has 2 unspecified atom stereocenters. The molecule has 0 aromatic rings. The van der Waals surface area contributed by atoms with E-state index in [1.807, 2.05) is 12.2 Å². The summed E-state index contributed by atoms with van der Waals surface area (Å²) in [6.45, 7) is 2.09. The van der Waals surface area contributed by atoms with Crippen LogP contribution in [0.5, 0.6) is 0 Å². The lowest BCUT2D eigenvalue weighted by Gasteiger charge is -2.14. The van der Waals surface area contributed by atoms with E-state index in [2.05, 4.69) is 25.2 Å². The van der Waals surface area contributed by atoms with Crippen molar-refractivity contribution in [1.82, 2.24) is 0 Å². The van der Waals surface area contributed by atoms with Crippen LogP contribution in [0.4, 0.5) is 0 Å². The fourth-order valence-electron chi connectivity index (χ4n) is 2.07. The second kappa shape index (κ2) is 15.2. The Morgan fingerprint density at radius 1 is 1.09 bits per heavy atom. The Balaban J connectivity index is 4.07. The van der Waals surface area contributed by atoms with Gasteiger partial charge in [0.1, 0.15) is 6.10 Å². The maximum Gasteiger partial charge on any atom is 0.241 e. The number of allylic oxidation sites excluding steroid dienone is 5. The summed E-state index contributed by atoms with van der Waals surface area (Å²) in [5.41, 5.74) is 0. The fourth-order valence-corrected chi connectivity index (χ4v) is 2.07. The predicted molar refractivity (Wildman–Crippen MR) is 92.5 cm³/mol. The number of rotatable bonds is 14. The molecule has 0 spiro atoms. The smallest absolute Gasteiger partial charge is 0.241 e. The van der Waals surface area contributed by atoms with Crippen LogP contribution < -0.4 is 0 Å². The predicted octanol–water partition coefficient (Wildman–Crippen LogP) is 3.91. The number of hydrogen-bond acceptors (Lipinski definition) is 4. The molecule has 0 amide bonds. The highest BCUT2D eigenvalue weighted by molar-refractivity contribution is 5.50. The summed E-state index contributed by atoms with van der Waals surface area (Å²) in [6, 6.07) is -0.983. The summed E-state index contributed by atoms with van der Waals surface area (Å²) < 4.78 is 0. The molecule has 0 aromatic carbocycles. The van der Waals surface area contributed by atoms with Gasteiger partial charge in [-0.15, -0.1) is 0 Å². The lowest BCUT2D eigenvalue weighted by molar-refractivity contribution is -0.533. The molecule has 23 heavy (non-hydrogen) atoms. The van der Waals surface area contributed by atoms with Crippen molar-refractivity contribution >= 4 is 6.29 Å². The average molecular weight is 322 g/mol. The third-order valence-corrected chi connectivity index (χ3v) is 3.40. The van der Waals surface area contributed by atoms with E-state index in [-0.39, 0.29) is 6.42 Å². The molecule has 129 valence electrons. The zero-order chi connectivity index (χ0) is 17.3. The Morgan fingerprint density at radius 3 is 2.26 bits per heavy atom. The fraction of sp³-hybridized carbons (Fsp3) is 0.611. The molecule has 5 nitrogen and oxygen atoms in total. The second-order valence-electron chi connectivity index (χ2n) is 5.34. The largest absolute Gasteiger partial charge is 0.386 e. The van der Waals surface area contributed by atoms with E-state index in [1.54, 1.807) is 12.4 Å². The Bertz CT molecular complexity index is 402. The first-order valence-corrected chi connectivity index (χ1v) is 8.25. The van der Waals surface area contributed by atoms with Crippen LogP contribution in [0.1, 0.15) is 58.3 Å². The van der Waals surface area contributed by atoms with E-state index >= 15 is 0 Å². The van der Waals surface area contributed by atoms with Crippen LogP contribution in [0.3, 0.4) is 0 Å². The Hall–Kier alpha value is -1.75. The first-order valence-electron chi connectivity index (χ1n) is 8.25. The number of nitrogens with zero attached hydrogens (tertiary/aromatic N) is 1. The lowest BCUT2D eigenvalue weighted by Crippen LogP contribution is -2.33. The van der Waals surface area contributed by atoms with E-state index in [0.29, 0.717) is 25.7 Å². The Morgan fingerprint density at radius 2 is 1.70 bits per heavy atom. The summed E-state index contributed by atoms with van der Waals surface area (Å²) in [5, 5.41) is 20.9. The highest BCUT2D eigenvalue weighted by Gasteiger charge is 2.27. The van der Waals surface area contributed by atoms with Crippen LogP contribution in [-0.2, 0) is 4.79 Å². The molecular weight excluding hydrogens is 294 g/mol. The monoisotopic (exact) mass is 322 g/mol. The molecule has 0 bridgehead atoms. The summed E-state index contributed by atoms with van der Waals surface area (Å²) in [7, 11) is 0. The minimum absolute atomic E-state index is 0.220. The standard InChI is InChI=1S/C18H28NO4/c1-2-3-4-5-6-7-8-9-11-14-17(19(22)23)18(21)15-12-10-13-16-20/h3-4,6-7,9,11,17-18,21H,2,5,8,10,12-15H2,1H3/b4-3-,7-6-,11-9-. The van der Waals surface area contributed by atoms with E-state index in [0.717, 1.165) is 19.3 Å². The number of aliphatic hydroxyl groups excluding tert-OH is 1. The van der Waals surface area contributed by atoms with Crippen molar-refractivity contribution in [1.29, 1.82) is 0 Å². The van der Waals surface area contributed by atoms with Crippen molar-refractivity contribution < 1.29 is 14.8 Å². The van der Waals surface area contributed by atoms with E-state index in [4.69, 9.17) is 0 Å². The minimum atomic E-state index is -0.983. The van der Waals surface area contributed by atoms with Crippen molar-refractivity contribution in [2.45, 2.75) is 70.4 Å². The van der Waals surface area contributed by atoms with Crippen LogP contribution in [-0.4, -0.2) is 28.5 Å². The molecule has 0 aliphatic heterocycles. The molecule has 0 aliphatic carbocycles. The quantitative estimate of drug-likeness (QED) is 0.227. The molecule has 0 aliphatic rings. The van der Waals surface area contributed by atoms with E-state index in [9.17, 15) is 20.0 Å². The Labute approximate surface area is 138 Å². The first kappa shape index (κ1) is 21.2. The van der Waals surface area contributed by atoms with Crippen molar-refractivity contribution in [2.24, 2.45) is 0 Å². The Kier molecular flexibility index (Phi) is 14.0. The zero-order valence-electron chi connectivity index (χ0n) is 13.9. The minimum Gasteiger partial charge on any atom is -0.386 e. The van der Waals surface area contributed by atoms with Crippen LogP contribution in [0.2, 0.25) is 0 Å². The normalized spacial score (nSPS) is 14.7. The summed E-state index contributed by atoms with van der Waals surface area (Å²) in [5.74, 6) is 0. The molecule has 0 fully saturated rings. The first-order chi connectivity index (χ1) is 11.1. The van der Waals surface area contributed by atoms with Crippen LogP contribution in [0.25, 0.3) is 0 Å². The highest BCUT2D eigenvalue weighted by atomic mass is 16.6. The summed E-state index contributed by atoms with van der Waals surface area (Å²) in [6.07, 6.45) is 17.5. The highest BCUT2D eigenvalue weighted by Crippen LogP contribution is 2.12. The summed E-state index contributed by atoms with van der Waals surface area (Å²) in [4.78, 5) is 20.7. The third-order valence-electron chi connectivity index (χ3n) is 3.40. The number of aliphatic hydroxyl groups is 1. The molecule has 0 saturated heterocycles. The van der Waals surface area contributed by atoms with Gasteiger partial charge >= 0.3 is 0 Å². The number of nitro groups is 1. The van der Waals surface area contributed by atoms with Gasteiger partial charge in [0, 0.05) is 17.8 Å². The number of hydrogen-bond donors (Lipinski definition) is 1. The van der Waals surface area contributed by atoms with Crippen LogP contribution in [0.15, 0.2) is 36.5 Å². The zero-order valence-corrected chi connectivity index (χ0v) is 13.9. The van der Waals surface area contributed by atoms with Gasteiger partial charge in [0.15, 0.2) is 6.29 Å². The van der Waals surface area contributed by atoms with Crippen molar-refractivity contribution in [2.75, 3.05) is 0 Å². The molecule has 0 rings (SSSR count).